The van der Waals surface area contributed by atoms with Gasteiger partial charge in [0.2, 0.25) is 0 Å². The van der Waals surface area contributed by atoms with E-state index in [0.29, 0.717) is 6.07 Å². The molecule has 1 aromatic heterocycles. The number of nitrogens with zero attached hydrogens (tertiary/aromatic N) is 4. The Morgan fingerprint density at radius 1 is 1.28 bits per heavy atom. The van der Waals surface area contributed by atoms with Gasteiger partial charge in [-0.3, -0.25) is 24.9 Å². The van der Waals surface area contributed by atoms with Crippen molar-refractivity contribution in [3.8, 4) is 5.75 Å². The quantitative estimate of drug-likeness (QED) is 0.328. The van der Waals surface area contributed by atoms with Crippen LogP contribution in [0.3, 0.4) is 0 Å². The van der Waals surface area contributed by atoms with Crippen molar-refractivity contribution in [1.82, 2.24) is 5.16 Å². The minimum absolute atomic E-state index is 0. The van der Waals surface area contributed by atoms with Crippen LogP contribution < -0.4 is 4.90 Å². The molecule has 0 spiro atoms. The maximum atomic E-state index is 11.0. The summed E-state index contributed by atoms with van der Waals surface area (Å²) in [6, 6.07) is 0.500. The van der Waals surface area contributed by atoms with Crippen LogP contribution in [0.4, 0.5) is 11.4 Å². The van der Waals surface area contributed by atoms with Crippen LogP contribution >= 0.6 is 0 Å². The van der Waals surface area contributed by atoms with Gasteiger partial charge in [-0.15, -0.1) is 0 Å². The van der Waals surface area contributed by atoms with Crippen molar-refractivity contribution in [2.75, 3.05) is 0 Å². The number of phenolic OH excluding ortho intramolecular Hbond substituents is 1. The van der Waals surface area contributed by atoms with Gasteiger partial charge in [-0.05, 0) is 4.90 Å². The first-order chi connectivity index (χ1) is 7.93. The van der Waals surface area contributed by atoms with Crippen LogP contribution in [0.1, 0.15) is 0 Å². The van der Waals surface area contributed by atoms with Gasteiger partial charge < -0.3 is 10.3 Å². The molecular formula is C6H3KN4O7. The molecule has 0 unspecified atom stereocenters. The SMILES string of the molecule is O=[N+]([O-])c1cc([N+](=O)[O-])c2no[n+]([O-])c2c1O.[KH]. The average Bonchev–Trinajstić information content (AvgIpc) is 2.61. The zero-order valence-electron chi connectivity index (χ0n) is 7.76. The third-order valence-electron chi connectivity index (χ3n) is 1.99. The second kappa shape index (κ2) is 5.11. The van der Waals surface area contributed by atoms with Crippen molar-refractivity contribution in [1.29, 1.82) is 0 Å². The molecule has 12 heteroatoms. The van der Waals surface area contributed by atoms with E-state index in [2.05, 4.69) is 9.79 Å². The van der Waals surface area contributed by atoms with Crippen LogP contribution in [0.2, 0.25) is 0 Å². The minimum atomic E-state index is -1.06. The molecule has 0 aliphatic heterocycles. The van der Waals surface area contributed by atoms with Crippen molar-refractivity contribution in [2.45, 2.75) is 0 Å². The number of aromatic hydroxyl groups is 1. The first-order valence-electron chi connectivity index (χ1n) is 3.97. The fourth-order valence-corrected chi connectivity index (χ4v) is 1.28. The van der Waals surface area contributed by atoms with E-state index < -0.39 is 38.0 Å². The second-order valence-electron chi connectivity index (χ2n) is 2.90. The van der Waals surface area contributed by atoms with Gasteiger partial charge in [-0.2, -0.15) is 0 Å². The van der Waals surface area contributed by atoms with Crippen LogP contribution in [-0.4, -0.2) is 71.5 Å². The maximum absolute atomic E-state index is 11.0. The summed E-state index contributed by atoms with van der Waals surface area (Å²) in [5.74, 6) is -1.04. The Morgan fingerprint density at radius 3 is 2.33 bits per heavy atom. The zero-order chi connectivity index (χ0) is 12.7. The molecule has 1 aromatic carbocycles. The molecule has 0 bridgehead atoms. The summed E-state index contributed by atoms with van der Waals surface area (Å²) in [7, 11) is 0. The van der Waals surface area contributed by atoms with Crippen LogP contribution in [0.5, 0.6) is 5.75 Å². The Hall–Kier alpha value is -1.34. The van der Waals surface area contributed by atoms with Crippen molar-refractivity contribution in [3.63, 3.8) is 0 Å². The number of non-ortho nitro benzene ring substituents is 1. The molecule has 0 aliphatic rings. The predicted molar refractivity (Wildman–Crippen MR) is 55.1 cm³/mol. The molecular weight excluding hydrogens is 279 g/mol. The number of nitro benzene ring substituents is 2. The molecule has 90 valence electrons. The molecule has 2 aromatic rings. The number of rotatable bonds is 2. The Morgan fingerprint density at radius 2 is 1.83 bits per heavy atom. The molecule has 0 saturated heterocycles. The topological polar surface area (TPSA) is 159 Å². The van der Waals surface area contributed by atoms with Crippen LogP contribution in [0, 0.1) is 25.4 Å². The summed E-state index contributed by atoms with van der Waals surface area (Å²) in [5, 5.41) is 44.6. The van der Waals surface area contributed by atoms with E-state index in [1.54, 1.807) is 0 Å². The fourth-order valence-electron chi connectivity index (χ4n) is 1.28. The average molecular weight is 282 g/mol. The molecule has 0 aliphatic carbocycles. The van der Waals surface area contributed by atoms with Gasteiger partial charge in [0.25, 0.3) is 11.3 Å². The summed E-state index contributed by atoms with van der Waals surface area (Å²) in [4.78, 5) is 18.8. The Balaban J connectivity index is 0.00000162. The van der Waals surface area contributed by atoms with Gasteiger partial charge in [0, 0.05) is 0 Å². The monoisotopic (exact) mass is 282 g/mol. The third kappa shape index (κ3) is 2.15. The van der Waals surface area contributed by atoms with Crippen LogP contribution in [-0.2, 0) is 0 Å². The van der Waals surface area contributed by atoms with E-state index >= 15 is 0 Å². The number of phenols is 1. The van der Waals surface area contributed by atoms with E-state index in [-0.39, 0.29) is 56.3 Å². The summed E-state index contributed by atoms with van der Waals surface area (Å²) in [6.07, 6.45) is 0. The fraction of sp³-hybridized carbons (Fsp3) is 0. The van der Waals surface area contributed by atoms with Crippen LogP contribution in [0.15, 0.2) is 10.7 Å². The summed E-state index contributed by atoms with van der Waals surface area (Å²) < 4.78 is 4.05. The van der Waals surface area contributed by atoms with Gasteiger partial charge in [0.05, 0.1) is 15.0 Å². The summed E-state index contributed by atoms with van der Waals surface area (Å²) in [6.45, 7) is 0. The van der Waals surface area contributed by atoms with E-state index in [1.165, 1.54) is 0 Å². The Labute approximate surface area is 139 Å². The van der Waals surface area contributed by atoms with Crippen molar-refractivity contribution in [3.05, 3.63) is 31.5 Å². The van der Waals surface area contributed by atoms with Gasteiger partial charge >= 0.3 is 68.3 Å². The number of fused-ring (bicyclic) bond motifs is 1. The molecule has 0 fully saturated rings. The van der Waals surface area contributed by atoms with Crippen molar-refractivity contribution < 1.29 is 24.5 Å². The number of benzene rings is 1. The van der Waals surface area contributed by atoms with Crippen LogP contribution in [0.25, 0.3) is 11.0 Å². The van der Waals surface area contributed by atoms with Gasteiger partial charge in [-0.25, -0.2) is 0 Å². The van der Waals surface area contributed by atoms with Gasteiger partial charge in [-0.1, -0.05) is 0 Å². The Bertz CT molecular complexity index is 653. The number of hydrogen-bond acceptors (Lipinski definition) is 8. The molecule has 0 amide bonds. The first kappa shape index (κ1) is 14.7. The predicted octanol–water partition coefficient (Wildman–Crippen LogP) is -0.665. The molecule has 11 nitrogen and oxygen atoms in total. The molecule has 1 N–H and O–H groups in total. The summed E-state index contributed by atoms with van der Waals surface area (Å²) >= 11 is 0. The number of aromatic nitrogens is 2. The molecule has 18 heavy (non-hydrogen) atoms. The van der Waals surface area contributed by atoms with Gasteiger partial charge in [0.1, 0.15) is 6.07 Å². The third-order valence-corrected chi connectivity index (χ3v) is 1.99. The summed E-state index contributed by atoms with van der Waals surface area (Å²) in [5.41, 5.74) is -3.10. The Kier molecular flexibility index (Phi) is 4.18. The number of nitro groups is 2. The van der Waals surface area contributed by atoms with E-state index in [1.807, 2.05) is 0 Å². The normalized spacial score (nSPS) is 10.0. The van der Waals surface area contributed by atoms with E-state index in [9.17, 15) is 30.5 Å². The van der Waals surface area contributed by atoms with Crippen molar-refractivity contribution in [2.24, 2.45) is 0 Å². The molecule has 2 rings (SSSR count). The molecule has 0 radical (unpaired) electrons. The molecule has 0 saturated carbocycles. The molecule has 1 heterocycles. The van der Waals surface area contributed by atoms with E-state index in [4.69, 9.17) is 0 Å². The van der Waals surface area contributed by atoms with E-state index in [0.717, 1.165) is 0 Å². The number of hydrogen-bond donors (Lipinski definition) is 1. The second-order valence-corrected chi connectivity index (χ2v) is 2.90. The first-order valence-corrected chi connectivity index (χ1v) is 3.97. The molecule has 0 atom stereocenters. The van der Waals surface area contributed by atoms with Gasteiger partial charge in [0.15, 0.2) is 0 Å². The van der Waals surface area contributed by atoms with Crippen molar-refractivity contribution >= 4 is 73.8 Å². The zero-order valence-corrected chi connectivity index (χ0v) is 7.76. The standard InChI is InChI=1S/C6H2N4O7.K.H/c11-6-3(9(14)15)1-2(8(12)13)4-5(6)10(16)17-7-4;;/h1,11H;;.